The average molecular weight is 564 g/mol. The predicted octanol–water partition coefficient (Wildman–Crippen LogP) is 6.79. The number of carbonyl (C=O) groups is 2. The molecule has 6 nitrogen and oxygen atoms in total. The van der Waals surface area contributed by atoms with Crippen molar-refractivity contribution in [3.63, 3.8) is 0 Å². The molecule has 0 saturated carbocycles. The Balaban J connectivity index is 1.34. The molecule has 1 aliphatic carbocycles. The van der Waals surface area contributed by atoms with Crippen molar-refractivity contribution in [2.24, 2.45) is 11.3 Å². The van der Waals surface area contributed by atoms with Gasteiger partial charge in [0.1, 0.15) is 5.75 Å². The summed E-state index contributed by atoms with van der Waals surface area (Å²) in [7, 11) is 1.66. The fourth-order valence-corrected chi connectivity index (χ4v) is 7.02. The van der Waals surface area contributed by atoms with Gasteiger partial charge in [-0.2, -0.15) is 0 Å². The van der Waals surface area contributed by atoms with Crippen LogP contribution in [0.1, 0.15) is 56.7 Å². The van der Waals surface area contributed by atoms with E-state index in [4.69, 9.17) is 4.74 Å². The predicted molar refractivity (Wildman–Crippen MR) is 168 cm³/mol. The molecule has 1 saturated heterocycles. The highest BCUT2D eigenvalue weighted by atomic mass is 16.5. The first-order chi connectivity index (χ1) is 20.3. The summed E-state index contributed by atoms with van der Waals surface area (Å²) >= 11 is 0. The van der Waals surface area contributed by atoms with Crippen molar-refractivity contribution in [2.75, 3.05) is 37.0 Å². The lowest BCUT2D eigenvalue weighted by Gasteiger charge is -2.39. The van der Waals surface area contributed by atoms with Crippen molar-refractivity contribution in [3.8, 4) is 5.75 Å². The van der Waals surface area contributed by atoms with Gasteiger partial charge in [-0.25, -0.2) is 0 Å². The number of amides is 1. The van der Waals surface area contributed by atoms with Crippen molar-refractivity contribution in [1.29, 1.82) is 0 Å². The average Bonchev–Trinajstić information content (AvgIpc) is 3.11. The van der Waals surface area contributed by atoms with Gasteiger partial charge in [0.25, 0.3) is 0 Å². The number of carbonyl (C=O) groups excluding carboxylic acids is 2. The molecule has 1 atom stereocenters. The lowest BCUT2D eigenvalue weighted by Crippen LogP contribution is -2.46. The number of ether oxygens (including phenoxy) is 1. The molecule has 1 N–H and O–H groups in total. The topological polar surface area (TPSA) is 61.9 Å². The number of hydrogen-bond donors (Lipinski definition) is 1. The van der Waals surface area contributed by atoms with E-state index in [0.29, 0.717) is 18.1 Å². The molecule has 3 aliphatic rings. The van der Waals surface area contributed by atoms with Crippen LogP contribution in [-0.4, -0.2) is 43.3 Å². The van der Waals surface area contributed by atoms with E-state index in [0.717, 1.165) is 67.0 Å². The quantitative estimate of drug-likeness (QED) is 0.358. The minimum atomic E-state index is -0.449. The van der Waals surface area contributed by atoms with Gasteiger partial charge < -0.3 is 19.9 Å². The zero-order valence-corrected chi connectivity index (χ0v) is 24.9. The fraction of sp³-hybridized carbons (Fsp3) is 0.389. The molecule has 6 heteroatoms. The van der Waals surface area contributed by atoms with Crippen molar-refractivity contribution in [3.05, 3.63) is 101 Å². The number of hydrogen-bond acceptors (Lipinski definition) is 5. The van der Waals surface area contributed by atoms with Gasteiger partial charge >= 0.3 is 0 Å². The Morgan fingerprint density at radius 2 is 1.62 bits per heavy atom. The van der Waals surface area contributed by atoms with Crippen LogP contribution in [0.5, 0.6) is 5.75 Å². The third-order valence-electron chi connectivity index (χ3n) is 9.08. The van der Waals surface area contributed by atoms with Crippen LogP contribution in [0.25, 0.3) is 0 Å². The Labute approximate surface area is 249 Å². The van der Waals surface area contributed by atoms with Gasteiger partial charge in [-0.3, -0.25) is 9.59 Å². The first-order valence-electron chi connectivity index (χ1n) is 15.2. The molecule has 0 bridgehead atoms. The number of benzene rings is 3. The molecule has 0 aromatic heterocycles. The molecule has 0 spiro atoms. The Morgan fingerprint density at radius 3 is 2.38 bits per heavy atom. The third-order valence-corrected chi connectivity index (χ3v) is 9.08. The van der Waals surface area contributed by atoms with Crippen LogP contribution in [0.2, 0.25) is 0 Å². The lowest BCUT2D eigenvalue weighted by atomic mass is 9.73. The lowest BCUT2D eigenvalue weighted by molar-refractivity contribution is -0.131. The second-order valence-corrected chi connectivity index (χ2v) is 12.8. The summed E-state index contributed by atoms with van der Waals surface area (Å²) in [5.41, 5.74) is 5.62. The van der Waals surface area contributed by atoms with E-state index in [1.54, 1.807) is 7.11 Å². The van der Waals surface area contributed by atoms with Crippen LogP contribution < -0.4 is 15.0 Å². The molecular formula is C36H41N3O3. The summed E-state index contributed by atoms with van der Waals surface area (Å²) in [5, 5.41) is 3.65. The van der Waals surface area contributed by atoms with Gasteiger partial charge in [0.2, 0.25) is 5.91 Å². The molecule has 3 aromatic carbocycles. The first kappa shape index (κ1) is 28.1. The van der Waals surface area contributed by atoms with Crippen LogP contribution in [0.15, 0.2) is 90.1 Å². The second-order valence-electron chi connectivity index (χ2n) is 12.8. The standard InChI is InChI=1S/C36H41N3O3/c1-36(2)22-29-34(31(40)23-36)35(27-13-7-10-16-32(27)42-3)39(30-15-9-8-14-28(30)37-29)24-33(41)38-19-17-26(18-20-38)21-25-11-5-4-6-12-25/h4-16,26,35,37H,17-24H2,1-3H3. The first-order valence-corrected chi connectivity index (χ1v) is 15.2. The van der Waals surface area contributed by atoms with Crippen molar-refractivity contribution in [1.82, 2.24) is 4.90 Å². The SMILES string of the molecule is COc1ccccc1C1C2=C(CC(C)(C)CC2=O)Nc2ccccc2N1CC(=O)N1CCC(Cc2ccccc2)CC1. The number of methoxy groups -OCH3 is 1. The van der Waals surface area contributed by atoms with E-state index in [1.807, 2.05) is 47.4 Å². The summed E-state index contributed by atoms with van der Waals surface area (Å²) < 4.78 is 5.84. The summed E-state index contributed by atoms with van der Waals surface area (Å²) in [6, 6.07) is 26.2. The fourth-order valence-electron chi connectivity index (χ4n) is 7.02. The highest BCUT2D eigenvalue weighted by molar-refractivity contribution is 6.02. The number of piperidine rings is 1. The molecule has 218 valence electrons. The molecule has 2 aliphatic heterocycles. The summed E-state index contributed by atoms with van der Waals surface area (Å²) in [5.74, 6) is 1.51. The van der Waals surface area contributed by atoms with Gasteiger partial charge in [-0.05, 0) is 60.8 Å². The third kappa shape index (κ3) is 5.67. The normalized spacial score (nSPS) is 20.4. The van der Waals surface area contributed by atoms with Crippen LogP contribution in [0.3, 0.4) is 0 Å². The summed E-state index contributed by atoms with van der Waals surface area (Å²) in [6.45, 7) is 5.98. The smallest absolute Gasteiger partial charge is 0.242 e. The van der Waals surface area contributed by atoms with Crippen LogP contribution >= 0.6 is 0 Å². The highest BCUT2D eigenvalue weighted by Crippen LogP contribution is 2.49. The maximum Gasteiger partial charge on any atom is 0.242 e. The summed E-state index contributed by atoms with van der Waals surface area (Å²) in [4.78, 5) is 32.2. The Bertz CT molecular complexity index is 1490. The van der Waals surface area contributed by atoms with Crippen molar-refractivity contribution < 1.29 is 14.3 Å². The molecule has 1 amide bonds. The minimum absolute atomic E-state index is 0.0931. The Hall–Kier alpha value is -4.06. The molecule has 0 radical (unpaired) electrons. The van der Waals surface area contributed by atoms with E-state index in [-0.39, 0.29) is 23.7 Å². The largest absolute Gasteiger partial charge is 0.496 e. The van der Waals surface area contributed by atoms with Gasteiger partial charge in [-0.1, -0.05) is 74.5 Å². The number of allylic oxidation sites excluding steroid dienone is 1. The zero-order chi connectivity index (χ0) is 29.3. The Kier molecular flexibility index (Phi) is 7.80. The number of Topliss-reactive ketones (excluding diaryl/α,β-unsaturated/α-hetero) is 1. The summed E-state index contributed by atoms with van der Waals surface area (Å²) in [6.07, 6.45) is 4.27. The van der Waals surface area contributed by atoms with Crippen molar-refractivity contribution in [2.45, 2.75) is 52.0 Å². The molecular weight excluding hydrogens is 522 g/mol. The van der Waals surface area contributed by atoms with Gasteiger partial charge in [0.05, 0.1) is 31.1 Å². The zero-order valence-electron chi connectivity index (χ0n) is 24.9. The molecule has 42 heavy (non-hydrogen) atoms. The van der Waals surface area contributed by atoms with E-state index < -0.39 is 6.04 Å². The van der Waals surface area contributed by atoms with Crippen LogP contribution in [0.4, 0.5) is 11.4 Å². The van der Waals surface area contributed by atoms with E-state index in [9.17, 15) is 9.59 Å². The number of nitrogens with zero attached hydrogens (tertiary/aromatic N) is 2. The molecule has 6 rings (SSSR count). The van der Waals surface area contributed by atoms with Crippen LogP contribution in [-0.2, 0) is 16.0 Å². The molecule has 3 aromatic rings. The maximum atomic E-state index is 14.1. The number of nitrogens with one attached hydrogen (secondary N) is 1. The van der Waals surface area contributed by atoms with E-state index in [1.165, 1.54) is 5.56 Å². The van der Waals surface area contributed by atoms with Crippen molar-refractivity contribution >= 4 is 23.1 Å². The number of fused-ring (bicyclic) bond motifs is 1. The van der Waals surface area contributed by atoms with Gasteiger partial charge in [0.15, 0.2) is 5.78 Å². The number of para-hydroxylation sites is 3. The number of anilines is 2. The highest BCUT2D eigenvalue weighted by Gasteiger charge is 2.43. The second kappa shape index (κ2) is 11.7. The van der Waals surface area contributed by atoms with E-state index in [2.05, 4.69) is 60.5 Å². The molecule has 2 heterocycles. The minimum Gasteiger partial charge on any atom is -0.496 e. The molecule has 1 fully saturated rings. The molecule has 1 unspecified atom stereocenters. The monoisotopic (exact) mass is 563 g/mol. The number of likely N-dealkylation sites (tertiary alicyclic amines) is 1. The number of ketones is 1. The van der Waals surface area contributed by atoms with E-state index >= 15 is 0 Å². The van der Waals surface area contributed by atoms with Crippen LogP contribution in [0, 0.1) is 11.3 Å². The van der Waals surface area contributed by atoms with Gasteiger partial charge in [0, 0.05) is 36.3 Å². The Morgan fingerprint density at radius 1 is 0.929 bits per heavy atom. The maximum absolute atomic E-state index is 14.1. The number of rotatable bonds is 6. The van der Waals surface area contributed by atoms with Gasteiger partial charge in [-0.15, -0.1) is 0 Å².